The second-order valence-electron chi connectivity index (χ2n) is 6.74. The highest BCUT2D eigenvalue weighted by Gasteiger charge is 2.26. The second kappa shape index (κ2) is 8.12. The number of amides is 1. The van der Waals surface area contributed by atoms with E-state index in [-0.39, 0.29) is 30.2 Å². The Hall–Kier alpha value is -3.02. The normalized spacial score (nSPS) is 12.7. The lowest BCUT2D eigenvalue weighted by molar-refractivity contribution is -0.384. The first-order valence-electron chi connectivity index (χ1n) is 9.19. The number of nitro benzene ring substituents is 1. The average Bonchev–Trinajstić information content (AvgIpc) is 3.10. The maximum absolute atomic E-state index is 12.6. The van der Waals surface area contributed by atoms with Crippen LogP contribution in [0.4, 0.5) is 11.4 Å². The van der Waals surface area contributed by atoms with Gasteiger partial charge in [-0.15, -0.1) is 0 Å². The molecule has 0 aliphatic carbocycles. The van der Waals surface area contributed by atoms with Gasteiger partial charge in [-0.3, -0.25) is 19.7 Å². The molecule has 0 fully saturated rings. The Kier molecular flexibility index (Phi) is 5.64. The Labute approximate surface area is 158 Å². The molecule has 1 amide bonds. The first kappa shape index (κ1) is 18.8. The van der Waals surface area contributed by atoms with Crippen LogP contribution in [0.25, 0.3) is 0 Å². The minimum Gasteiger partial charge on any atom is -0.312 e. The fraction of sp³-hybridized carbons (Fsp3) is 0.333. The standard InChI is InChI=1S/C21H22N2O4/c1-2-3-15-4-6-17(7-5-15)20(24)10-11-21(25)22-13-12-16-8-9-18(23(26)27)14-19(16)22/h4-9,14H,2-3,10-13H2,1H3. The molecule has 2 aromatic rings. The highest BCUT2D eigenvalue weighted by Crippen LogP contribution is 2.32. The monoisotopic (exact) mass is 366 g/mol. The lowest BCUT2D eigenvalue weighted by Gasteiger charge is -2.17. The molecule has 0 saturated carbocycles. The predicted molar refractivity (Wildman–Crippen MR) is 103 cm³/mol. The number of nitro groups is 1. The van der Waals surface area contributed by atoms with Gasteiger partial charge in [0.2, 0.25) is 5.91 Å². The number of rotatable bonds is 7. The summed E-state index contributed by atoms with van der Waals surface area (Å²) in [5.74, 6) is -0.241. The first-order chi connectivity index (χ1) is 13.0. The van der Waals surface area contributed by atoms with Crippen LogP contribution in [0.2, 0.25) is 0 Å². The third-order valence-corrected chi connectivity index (χ3v) is 4.86. The van der Waals surface area contributed by atoms with Crippen molar-refractivity contribution >= 4 is 23.1 Å². The molecule has 0 N–H and O–H groups in total. The fourth-order valence-corrected chi connectivity index (χ4v) is 3.39. The number of non-ortho nitro benzene ring substituents is 1. The van der Waals surface area contributed by atoms with Gasteiger partial charge in [-0.05, 0) is 24.0 Å². The Bertz CT molecular complexity index is 874. The Morgan fingerprint density at radius 2 is 1.85 bits per heavy atom. The fourth-order valence-electron chi connectivity index (χ4n) is 3.39. The number of aryl methyl sites for hydroxylation is 1. The summed E-state index contributed by atoms with van der Waals surface area (Å²) in [6.07, 6.45) is 2.93. The van der Waals surface area contributed by atoms with Gasteiger partial charge in [-0.25, -0.2) is 0 Å². The minimum absolute atomic E-state index is 0.0308. The zero-order valence-corrected chi connectivity index (χ0v) is 15.3. The SMILES string of the molecule is CCCc1ccc(C(=O)CCC(=O)N2CCc3ccc([N+](=O)[O-])cc32)cc1. The number of benzene rings is 2. The van der Waals surface area contributed by atoms with Crippen LogP contribution in [0.3, 0.4) is 0 Å². The van der Waals surface area contributed by atoms with Crippen LogP contribution >= 0.6 is 0 Å². The van der Waals surface area contributed by atoms with Crippen molar-refractivity contribution in [2.45, 2.75) is 39.0 Å². The molecule has 0 radical (unpaired) electrons. The first-order valence-corrected chi connectivity index (χ1v) is 9.19. The molecule has 0 spiro atoms. The van der Waals surface area contributed by atoms with Gasteiger partial charge in [-0.1, -0.05) is 43.7 Å². The molecule has 0 atom stereocenters. The molecule has 1 aliphatic heterocycles. The van der Waals surface area contributed by atoms with Crippen molar-refractivity contribution in [3.8, 4) is 0 Å². The van der Waals surface area contributed by atoms with Gasteiger partial charge in [0, 0.05) is 37.1 Å². The third kappa shape index (κ3) is 4.22. The van der Waals surface area contributed by atoms with Crippen LogP contribution in [-0.2, 0) is 17.6 Å². The molecule has 140 valence electrons. The molecule has 1 heterocycles. The Morgan fingerprint density at radius 1 is 1.11 bits per heavy atom. The van der Waals surface area contributed by atoms with Crippen molar-refractivity contribution in [1.82, 2.24) is 0 Å². The zero-order valence-electron chi connectivity index (χ0n) is 15.3. The Morgan fingerprint density at radius 3 is 2.52 bits per heavy atom. The number of carbonyl (C=O) groups is 2. The maximum atomic E-state index is 12.6. The van der Waals surface area contributed by atoms with E-state index in [2.05, 4.69) is 6.92 Å². The molecular formula is C21H22N2O4. The van der Waals surface area contributed by atoms with E-state index in [1.165, 1.54) is 17.7 Å². The highest BCUT2D eigenvalue weighted by molar-refractivity contribution is 6.01. The van der Waals surface area contributed by atoms with E-state index < -0.39 is 4.92 Å². The number of anilines is 1. The molecule has 6 nitrogen and oxygen atoms in total. The van der Waals surface area contributed by atoms with E-state index in [0.717, 1.165) is 18.4 Å². The predicted octanol–water partition coefficient (Wildman–Crippen LogP) is 4.10. The average molecular weight is 366 g/mol. The molecule has 0 unspecified atom stereocenters. The summed E-state index contributed by atoms with van der Waals surface area (Å²) in [6, 6.07) is 12.1. The maximum Gasteiger partial charge on any atom is 0.271 e. The van der Waals surface area contributed by atoms with Crippen molar-refractivity contribution in [2.75, 3.05) is 11.4 Å². The number of fused-ring (bicyclic) bond motifs is 1. The number of hydrogen-bond acceptors (Lipinski definition) is 4. The number of Topliss-reactive ketones (excluding diaryl/α,β-unsaturated/α-hetero) is 1. The molecular weight excluding hydrogens is 344 g/mol. The van der Waals surface area contributed by atoms with E-state index in [9.17, 15) is 19.7 Å². The molecule has 6 heteroatoms. The number of nitrogens with zero attached hydrogens (tertiary/aromatic N) is 2. The van der Waals surface area contributed by atoms with Gasteiger partial charge in [0.25, 0.3) is 5.69 Å². The molecule has 2 aromatic carbocycles. The van der Waals surface area contributed by atoms with Gasteiger partial charge >= 0.3 is 0 Å². The third-order valence-electron chi connectivity index (χ3n) is 4.86. The largest absolute Gasteiger partial charge is 0.312 e. The lowest BCUT2D eigenvalue weighted by atomic mass is 10.0. The molecule has 0 saturated heterocycles. The van der Waals surface area contributed by atoms with Crippen molar-refractivity contribution in [1.29, 1.82) is 0 Å². The van der Waals surface area contributed by atoms with Crippen LogP contribution in [-0.4, -0.2) is 23.2 Å². The van der Waals surface area contributed by atoms with E-state index in [1.54, 1.807) is 11.0 Å². The summed E-state index contributed by atoms with van der Waals surface area (Å²) in [7, 11) is 0. The van der Waals surface area contributed by atoms with Crippen molar-refractivity contribution < 1.29 is 14.5 Å². The summed E-state index contributed by atoms with van der Waals surface area (Å²) in [5.41, 5.74) is 3.29. The van der Waals surface area contributed by atoms with Crippen LogP contribution < -0.4 is 4.90 Å². The van der Waals surface area contributed by atoms with Crippen molar-refractivity contribution in [3.05, 3.63) is 69.3 Å². The summed E-state index contributed by atoms with van der Waals surface area (Å²) in [5, 5.41) is 11.0. The summed E-state index contributed by atoms with van der Waals surface area (Å²) >= 11 is 0. The molecule has 0 bridgehead atoms. The summed E-state index contributed by atoms with van der Waals surface area (Å²) < 4.78 is 0. The highest BCUT2D eigenvalue weighted by atomic mass is 16.6. The molecule has 0 aromatic heterocycles. The molecule has 27 heavy (non-hydrogen) atoms. The minimum atomic E-state index is -0.465. The lowest BCUT2D eigenvalue weighted by Crippen LogP contribution is -2.29. The van der Waals surface area contributed by atoms with Gasteiger partial charge in [0.1, 0.15) is 0 Å². The Balaban J connectivity index is 1.63. The van der Waals surface area contributed by atoms with Gasteiger partial charge < -0.3 is 4.90 Å². The van der Waals surface area contributed by atoms with E-state index in [0.29, 0.717) is 24.2 Å². The topological polar surface area (TPSA) is 80.5 Å². The number of carbonyl (C=O) groups excluding carboxylic acids is 2. The van der Waals surface area contributed by atoms with E-state index >= 15 is 0 Å². The van der Waals surface area contributed by atoms with Crippen LogP contribution in [0.15, 0.2) is 42.5 Å². The van der Waals surface area contributed by atoms with Gasteiger partial charge in [0.15, 0.2) is 5.78 Å². The zero-order chi connectivity index (χ0) is 19.4. The number of ketones is 1. The van der Waals surface area contributed by atoms with Crippen LogP contribution in [0.1, 0.15) is 47.7 Å². The summed E-state index contributed by atoms with van der Waals surface area (Å²) in [4.78, 5) is 37.0. The van der Waals surface area contributed by atoms with Crippen molar-refractivity contribution in [3.63, 3.8) is 0 Å². The van der Waals surface area contributed by atoms with E-state index in [4.69, 9.17) is 0 Å². The quantitative estimate of drug-likeness (QED) is 0.420. The number of hydrogen-bond donors (Lipinski definition) is 0. The van der Waals surface area contributed by atoms with Crippen LogP contribution in [0.5, 0.6) is 0 Å². The summed E-state index contributed by atoms with van der Waals surface area (Å²) in [6.45, 7) is 2.60. The molecule has 3 rings (SSSR count). The van der Waals surface area contributed by atoms with E-state index in [1.807, 2.05) is 24.3 Å². The molecule has 1 aliphatic rings. The van der Waals surface area contributed by atoms with Crippen molar-refractivity contribution in [2.24, 2.45) is 0 Å². The van der Waals surface area contributed by atoms with Gasteiger partial charge in [-0.2, -0.15) is 0 Å². The van der Waals surface area contributed by atoms with Gasteiger partial charge in [0.05, 0.1) is 10.6 Å². The van der Waals surface area contributed by atoms with Crippen LogP contribution in [0, 0.1) is 10.1 Å². The second-order valence-corrected chi connectivity index (χ2v) is 6.74. The smallest absolute Gasteiger partial charge is 0.271 e.